The van der Waals surface area contributed by atoms with Gasteiger partial charge in [0.25, 0.3) is 0 Å². The van der Waals surface area contributed by atoms with E-state index in [2.05, 4.69) is 29.9 Å². The minimum absolute atomic E-state index is 0.0941. The van der Waals surface area contributed by atoms with Crippen LogP contribution in [0.3, 0.4) is 0 Å². The van der Waals surface area contributed by atoms with E-state index in [1.807, 2.05) is 0 Å². The molecule has 0 aromatic heterocycles. The summed E-state index contributed by atoms with van der Waals surface area (Å²) in [7, 11) is -4.24. The lowest BCUT2D eigenvalue weighted by Gasteiger charge is -2.15. The molecule has 29 heavy (non-hydrogen) atoms. The van der Waals surface area contributed by atoms with E-state index in [-0.39, 0.29) is 13.2 Å². The van der Waals surface area contributed by atoms with E-state index in [0.29, 0.717) is 6.42 Å². The van der Waals surface area contributed by atoms with E-state index in [1.54, 1.807) is 0 Å². The summed E-state index contributed by atoms with van der Waals surface area (Å²) in [4.78, 5) is 2.18. The first kappa shape index (κ1) is 31.0. The second-order valence-electron chi connectivity index (χ2n) is 7.60. The molecule has 0 aromatic carbocycles. The highest BCUT2D eigenvalue weighted by Gasteiger charge is 2.02. The zero-order chi connectivity index (χ0) is 22.2. The van der Waals surface area contributed by atoms with Crippen molar-refractivity contribution in [2.75, 3.05) is 32.8 Å². The number of rotatable bonds is 20. The molecule has 0 atom stereocenters. The van der Waals surface area contributed by atoms with Crippen molar-refractivity contribution in [3.63, 3.8) is 0 Å². The second kappa shape index (κ2) is 24.1. The summed E-state index contributed by atoms with van der Waals surface area (Å²) in [5.74, 6) is 0. The Morgan fingerprint density at radius 3 is 1.34 bits per heavy atom. The van der Waals surface area contributed by atoms with Crippen molar-refractivity contribution in [3.05, 3.63) is 0 Å². The maximum absolute atomic E-state index is 10.3. The first-order chi connectivity index (χ1) is 13.9. The van der Waals surface area contributed by atoms with Gasteiger partial charge in [0.1, 0.15) is 0 Å². The van der Waals surface area contributed by atoms with Crippen molar-refractivity contribution in [2.24, 2.45) is 0 Å². The fourth-order valence-electron chi connectivity index (χ4n) is 3.14. The maximum Gasteiger partial charge on any atom is 0.397 e. The molecule has 0 saturated carbocycles. The summed E-state index contributed by atoms with van der Waals surface area (Å²) in [5, 5.41) is 8.46. The third kappa shape index (κ3) is 30.1. The minimum Gasteiger partial charge on any atom is -0.395 e. The van der Waals surface area contributed by atoms with Gasteiger partial charge in [-0.15, -0.1) is 0 Å². The van der Waals surface area contributed by atoms with Gasteiger partial charge in [-0.25, -0.2) is 4.18 Å². The zero-order valence-corrected chi connectivity index (χ0v) is 20.2. The van der Waals surface area contributed by atoms with Crippen molar-refractivity contribution in [2.45, 2.75) is 111 Å². The largest absolute Gasteiger partial charge is 0.397 e. The molecule has 0 amide bonds. The van der Waals surface area contributed by atoms with Crippen LogP contribution in [0.4, 0.5) is 0 Å². The molecule has 0 saturated heterocycles. The van der Waals surface area contributed by atoms with E-state index in [9.17, 15) is 8.42 Å². The molecule has 0 aromatic rings. The van der Waals surface area contributed by atoms with E-state index in [1.165, 1.54) is 70.6 Å². The fraction of sp³-hybridized carbons (Fsp3) is 1.00. The predicted molar refractivity (Wildman–Crippen MR) is 123 cm³/mol. The number of hydrogen-bond acceptors (Lipinski definition) is 5. The molecule has 178 valence electrons. The van der Waals surface area contributed by atoms with Crippen LogP contribution in [0.5, 0.6) is 0 Å². The average molecular weight is 440 g/mol. The molecule has 2 N–H and O–H groups in total. The number of nitrogens with zero attached hydrogens (tertiary/aromatic N) is 1. The van der Waals surface area contributed by atoms with Gasteiger partial charge in [-0.05, 0) is 19.5 Å². The fourth-order valence-corrected chi connectivity index (χ4v) is 3.47. The van der Waals surface area contributed by atoms with Crippen LogP contribution in [-0.2, 0) is 14.6 Å². The van der Waals surface area contributed by atoms with Gasteiger partial charge in [0.05, 0.1) is 13.2 Å². The molecule has 6 nitrogen and oxygen atoms in total. The van der Waals surface area contributed by atoms with Gasteiger partial charge < -0.3 is 10.0 Å². The average Bonchev–Trinajstić information content (AvgIpc) is 2.68. The maximum atomic E-state index is 10.3. The lowest BCUT2D eigenvalue weighted by molar-refractivity contribution is 0.208. The Labute approximate surface area is 181 Å². The molecule has 0 rings (SSSR count). The van der Waals surface area contributed by atoms with Crippen LogP contribution in [0, 0.1) is 0 Å². The number of unbranched alkanes of at least 4 members (excludes halogenated alkanes) is 13. The molecule has 7 heteroatoms. The Morgan fingerprint density at radius 1 is 0.690 bits per heavy atom. The summed E-state index contributed by atoms with van der Waals surface area (Å²) in [5.41, 5.74) is 0. The van der Waals surface area contributed by atoms with Crippen LogP contribution in [0.15, 0.2) is 0 Å². The van der Waals surface area contributed by atoms with Gasteiger partial charge in [-0.1, -0.05) is 104 Å². The zero-order valence-electron chi connectivity index (χ0n) is 19.4. The molecule has 0 radical (unpaired) electrons. The number of likely N-dealkylation sites (N-methyl/N-ethyl adjacent to an activating group) is 1. The Kier molecular flexibility index (Phi) is 25.7. The highest BCUT2D eigenvalue weighted by molar-refractivity contribution is 7.80. The van der Waals surface area contributed by atoms with Gasteiger partial charge in [-0.3, -0.25) is 4.55 Å². The van der Waals surface area contributed by atoms with E-state index >= 15 is 0 Å². The van der Waals surface area contributed by atoms with Crippen LogP contribution in [0.1, 0.15) is 111 Å². The first-order valence-electron chi connectivity index (χ1n) is 11.9. The summed E-state index contributed by atoms with van der Waals surface area (Å²) in [6, 6.07) is 0. The van der Waals surface area contributed by atoms with Crippen molar-refractivity contribution in [1.82, 2.24) is 4.90 Å². The molecule has 0 aliphatic heterocycles. The quantitative estimate of drug-likeness (QED) is 0.189. The normalized spacial score (nSPS) is 11.5. The van der Waals surface area contributed by atoms with E-state index < -0.39 is 10.4 Å². The topological polar surface area (TPSA) is 87.1 Å². The monoisotopic (exact) mass is 439 g/mol. The highest BCUT2D eigenvalue weighted by atomic mass is 32.3. The Morgan fingerprint density at radius 2 is 1.07 bits per heavy atom. The highest BCUT2D eigenvalue weighted by Crippen LogP contribution is 2.13. The number of aliphatic hydroxyl groups is 1. The van der Waals surface area contributed by atoms with Crippen LogP contribution >= 0.6 is 0 Å². The van der Waals surface area contributed by atoms with E-state index in [0.717, 1.165) is 32.5 Å². The van der Waals surface area contributed by atoms with Gasteiger partial charge in [-0.2, -0.15) is 8.42 Å². The van der Waals surface area contributed by atoms with Crippen LogP contribution in [0.25, 0.3) is 0 Å². The van der Waals surface area contributed by atoms with Crippen LogP contribution < -0.4 is 0 Å². The van der Waals surface area contributed by atoms with Crippen molar-refractivity contribution in [1.29, 1.82) is 0 Å². The van der Waals surface area contributed by atoms with E-state index in [4.69, 9.17) is 9.66 Å². The summed E-state index contributed by atoms with van der Waals surface area (Å²) in [6.07, 6.45) is 17.6. The molecular weight excluding hydrogens is 390 g/mol. The third-order valence-corrected chi connectivity index (χ3v) is 5.51. The molecule has 0 unspecified atom stereocenters. The Bertz CT molecular complexity index is 400. The van der Waals surface area contributed by atoms with Gasteiger partial charge in [0.15, 0.2) is 0 Å². The molecule has 0 heterocycles. The lowest BCUT2D eigenvalue weighted by atomic mass is 10.0. The lowest BCUT2D eigenvalue weighted by Crippen LogP contribution is -2.25. The Balaban J connectivity index is 0. The second-order valence-corrected chi connectivity index (χ2v) is 8.69. The van der Waals surface area contributed by atoms with Gasteiger partial charge in [0.2, 0.25) is 0 Å². The Hall–Kier alpha value is -0.210. The summed E-state index contributed by atoms with van der Waals surface area (Å²) < 4.78 is 33.2. The van der Waals surface area contributed by atoms with Crippen molar-refractivity contribution < 1.29 is 22.3 Å². The van der Waals surface area contributed by atoms with Gasteiger partial charge in [0, 0.05) is 6.54 Å². The number of hydrogen-bond donors (Lipinski definition) is 2. The standard InChI is InChI=1S/C16H34O4S.C6H15NO/c1-2-3-4-5-6-7-8-9-10-11-12-13-14-15-16-20-21(17,18)19;1-3-7(4-2)5-6-8/h2-16H2,1H3,(H,17,18,19);8H,3-6H2,1-2H3. The number of aliphatic hydroxyl groups excluding tert-OH is 1. The third-order valence-electron chi connectivity index (χ3n) is 5.04. The van der Waals surface area contributed by atoms with Gasteiger partial charge >= 0.3 is 10.4 Å². The molecule has 0 bridgehead atoms. The predicted octanol–water partition coefficient (Wildman–Crippen LogP) is 5.61. The summed E-state index contributed by atoms with van der Waals surface area (Å²) in [6.45, 7) is 9.71. The van der Waals surface area contributed by atoms with Crippen molar-refractivity contribution in [3.8, 4) is 0 Å². The summed E-state index contributed by atoms with van der Waals surface area (Å²) >= 11 is 0. The molecule has 0 aliphatic carbocycles. The smallest absolute Gasteiger partial charge is 0.395 e. The van der Waals surface area contributed by atoms with Crippen molar-refractivity contribution >= 4 is 10.4 Å². The minimum atomic E-state index is -4.24. The van der Waals surface area contributed by atoms with Crippen LogP contribution in [-0.4, -0.2) is 55.8 Å². The first-order valence-corrected chi connectivity index (χ1v) is 13.2. The molecule has 0 fully saturated rings. The molecule has 0 aliphatic rings. The molecule has 0 spiro atoms. The van der Waals surface area contributed by atoms with Crippen LogP contribution in [0.2, 0.25) is 0 Å². The molecular formula is C22H49NO5S. The SMILES string of the molecule is CCCCCCCCCCCCCCCCOS(=O)(=O)O.CCN(CC)CCO.